The molecule has 4 N–H and O–H groups in total. The van der Waals surface area contributed by atoms with E-state index in [0.29, 0.717) is 0 Å². The molecule has 0 radical (unpaired) electrons. The van der Waals surface area contributed by atoms with Gasteiger partial charge in [0.25, 0.3) is 0 Å². The van der Waals surface area contributed by atoms with Gasteiger partial charge in [-0.15, -0.1) is 0 Å². The van der Waals surface area contributed by atoms with Crippen molar-refractivity contribution in [2.75, 3.05) is 0 Å². The van der Waals surface area contributed by atoms with Gasteiger partial charge in [0.1, 0.15) is 0 Å². The van der Waals surface area contributed by atoms with Crippen LogP contribution in [-0.4, -0.2) is 11.0 Å². The van der Waals surface area contributed by atoms with E-state index in [1.54, 1.807) is 0 Å². The van der Waals surface area contributed by atoms with Crippen molar-refractivity contribution in [3.63, 3.8) is 0 Å². The van der Waals surface area contributed by atoms with Gasteiger partial charge in [0.15, 0.2) is 0 Å². The summed E-state index contributed by atoms with van der Waals surface area (Å²) >= 11 is 0. The third-order valence-electron chi connectivity index (χ3n) is 0. The maximum Gasteiger partial charge on any atom is 4.00 e. The second kappa shape index (κ2) is 14.4. The first kappa shape index (κ1) is 36.1. The van der Waals surface area contributed by atoms with E-state index >= 15 is 0 Å². The summed E-state index contributed by atoms with van der Waals surface area (Å²) < 4.78 is 17.1. The summed E-state index contributed by atoms with van der Waals surface area (Å²) in [5.74, 6) is 0. The first-order valence-electron chi connectivity index (χ1n) is 1.46. The Morgan fingerprint density at radius 3 is 0.643 bits per heavy atom. The minimum absolute atomic E-state index is 0. The van der Waals surface area contributed by atoms with Crippen molar-refractivity contribution >= 4 is 15.6 Å². The summed E-state index contributed by atoms with van der Waals surface area (Å²) in [6.07, 6.45) is 0. The molecule has 14 heteroatoms. The molecule has 0 amide bonds. The molecule has 0 rings (SSSR count). The van der Waals surface area contributed by atoms with Crippen molar-refractivity contribution in [2.24, 2.45) is 0 Å². The van der Waals surface area contributed by atoms with Gasteiger partial charge in [-0.1, -0.05) is 0 Å². The molecule has 10 nitrogen and oxygen atoms in total. The normalized spacial score (nSPS) is 8.43. The number of hydrogen-bond acceptors (Lipinski definition) is 8. The zero-order valence-corrected chi connectivity index (χ0v) is 10.5. The Balaban J connectivity index is -0.0000000178. The van der Waals surface area contributed by atoms with E-state index in [9.17, 15) is 0 Å². The zero-order valence-electron chi connectivity index (χ0n) is 6.01. The minimum atomic E-state index is -5.39. The topological polar surface area (TPSA) is 236 Å². The van der Waals surface area contributed by atoms with Crippen LogP contribution in [0.1, 0.15) is 0 Å². The third kappa shape index (κ3) is 1090. The van der Waals surface area contributed by atoms with Crippen molar-refractivity contribution in [2.45, 2.75) is 0 Å². The van der Waals surface area contributed by atoms with E-state index < -0.39 is 15.6 Å². The Kier molecular flexibility index (Phi) is 37.1. The first-order valence-corrected chi connectivity index (χ1v) is 4.38. The van der Waals surface area contributed by atoms with Gasteiger partial charge in [-0.25, -0.2) is 0 Å². The quantitative estimate of drug-likeness (QED) is 0.304. The molecule has 0 fully saturated rings. The summed E-state index contributed by atoms with van der Waals surface area (Å²) in [5, 5.41) is 0. The van der Waals surface area contributed by atoms with Crippen molar-refractivity contribution in [1.82, 2.24) is 0 Å². The monoisotopic (exact) mass is 330 g/mol. The largest absolute Gasteiger partial charge is 4.00 e. The molecule has 0 heterocycles. The van der Waals surface area contributed by atoms with Crippen LogP contribution in [0.3, 0.4) is 0 Å². The van der Waals surface area contributed by atoms with Gasteiger partial charge in [-0.2, -0.15) is 15.6 Å². The molecule has 0 aromatic heterocycles. The van der Waals surface area contributed by atoms with Crippen molar-refractivity contribution in [1.29, 1.82) is 0 Å². The number of hydrogen-bond donors (Lipinski definition) is 0. The van der Waals surface area contributed by atoms with Crippen LogP contribution >= 0.6 is 15.6 Å². The van der Waals surface area contributed by atoms with Crippen LogP contribution in [0.15, 0.2) is 0 Å². The molecule has 0 aliphatic carbocycles. The summed E-state index contributed by atoms with van der Waals surface area (Å²) in [6, 6.07) is 0. The number of phosphoric acid groups is 2. The molecule has 0 saturated heterocycles. The summed E-state index contributed by atoms with van der Waals surface area (Å²) in [4.78, 5) is 51.3. The smallest absolute Gasteiger partial charge is 0.822 e. The molecule has 0 aromatic rings. The molecule has 0 aliphatic heterocycles. The fourth-order valence-electron chi connectivity index (χ4n) is 0. The van der Waals surface area contributed by atoms with Gasteiger partial charge in [0.2, 0.25) is 0 Å². The van der Waals surface area contributed by atoms with Crippen LogP contribution in [0, 0.1) is 0 Å². The van der Waals surface area contributed by atoms with Crippen molar-refractivity contribution in [3.8, 4) is 0 Å². The Morgan fingerprint density at radius 2 is 0.643 bits per heavy atom. The SMILES string of the molecule is O.O.O=P([O-])([O-])[O-].O=P([O-])([O-])[O-].[Fe+2].[Ti+4]. The van der Waals surface area contributed by atoms with Crippen LogP contribution < -0.4 is 29.4 Å². The molecule has 0 spiro atoms. The number of rotatable bonds is 0. The second-order valence-corrected chi connectivity index (χ2v) is 2.68. The second-order valence-electron chi connectivity index (χ2n) is 0.894. The standard InChI is InChI=1S/Fe.2H3O4P.2H2O.Ti/c;2*1-5(2,3)4;;;/h;2*(H3,1,2,3,4);2*1H2;/q+2;;;;;+4/p-6. The molecule has 0 atom stereocenters. The van der Waals surface area contributed by atoms with Crippen LogP contribution in [-0.2, 0) is 47.9 Å². The zero-order chi connectivity index (χ0) is 9.00. The average molecular weight is 330 g/mol. The molecule has 0 bridgehead atoms. The average Bonchev–Trinajstić information content (AvgIpc) is 1.12. The van der Waals surface area contributed by atoms with E-state index in [1.807, 2.05) is 0 Å². The first-order chi connectivity index (χ1) is 4.00. The summed E-state index contributed by atoms with van der Waals surface area (Å²) in [5.41, 5.74) is 0. The molecule has 86 valence electrons. The van der Waals surface area contributed by atoms with Crippen LogP contribution in [0.4, 0.5) is 0 Å². The fourth-order valence-corrected chi connectivity index (χ4v) is 0. The van der Waals surface area contributed by atoms with Gasteiger partial charge in [-0.3, -0.25) is 0 Å². The predicted octanol–water partition coefficient (Wildman–Crippen LogP) is -7.30. The van der Waals surface area contributed by atoms with Gasteiger partial charge < -0.3 is 49.4 Å². The van der Waals surface area contributed by atoms with E-state index in [4.69, 9.17) is 38.5 Å². The van der Waals surface area contributed by atoms with Crippen LogP contribution in [0.5, 0.6) is 0 Å². The Hall–Kier alpha value is 1.37. The van der Waals surface area contributed by atoms with E-state index in [2.05, 4.69) is 0 Å². The van der Waals surface area contributed by atoms with Crippen molar-refractivity contribution in [3.05, 3.63) is 0 Å². The van der Waals surface area contributed by atoms with Gasteiger partial charge in [0, 0.05) is 0 Å². The maximum absolute atomic E-state index is 8.55. The minimum Gasteiger partial charge on any atom is -0.822 e. The van der Waals surface area contributed by atoms with E-state index in [0.717, 1.165) is 0 Å². The van der Waals surface area contributed by atoms with E-state index in [1.165, 1.54) is 0 Å². The van der Waals surface area contributed by atoms with Gasteiger partial charge in [0.05, 0.1) is 0 Å². The molecule has 14 heavy (non-hydrogen) atoms. The predicted molar refractivity (Wildman–Crippen MR) is 22.4 cm³/mol. The Bertz CT molecular complexity index is 130. The van der Waals surface area contributed by atoms with Gasteiger partial charge in [-0.05, 0) is 0 Å². The molecule has 0 unspecified atom stereocenters. The van der Waals surface area contributed by atoms with Gasteiger partial charge >= 0.3 is 38.8 Å². The fraction of sp³-hybridized carbons (Fsp3) is 0. The third-order valence-corrected chi connectivity index (χ3v) is 0. The summed E-state index contributed by atoms with van der Waals surface area (Å²) in [7, 11) is -10.8. The molecular formula is H4FeO10P2Ti. The molecular weight excluding hydrogens is 326 g/mol. The maximum atomic E-state index is 8.55. The molecule has 0 aromatic carbocycles. The van der Waals surface area contributed by atoms with E-state index in [-0.39, 0.29) is 49.7 Å². The summed E-state index contributed by atoms with van der Waals surface area (Å²) in [6.45, 7) is 0. The van der Waals surface area contributed by atoms with Crippen molar-refractivity contribution < 1.29 is 88.2 Å². The Morgan fingerprint density at radius 1 is 0.643 bits per heavy atom. The Labute approximate surface area is 104 Å². The van der Waals surface area contributed by atoms with Crippen LogP contribution in [0.2, 0.25) is 0 Å². The molecule has 0 saturated carbocycles. The molecule has 0 aliphatic rings. The van der Waals surface area contributed by atoms with Crippen LogP contribution in [0.25, 0.3) is 0 Å².